The van der Waals surface area contributed by atoms with Crippen LogP contribution in [0.5, 0.6) is 0 Å². The highest BCUT2D eigenvalue weighted by Crippen LogP contribution is 2.60. The van der Waals surface area contributed by atoms with E-state index in [4.69, 9.17) is 0 Å². The van der Waals surface area contributed by atoms with Crippen LogP contribution in [-0.4, -0.2) is 16.5 Å². The lowest BCUT2D eigenvalue weighted by Crippen LogP contribution is -2.52. The van der Waals surface area contributed by atoms with E-state index in [1.165, 1.54) is 0 Å². The van der Waals surface area contributed by atoms with Crippen molar-refractivity contribution in [3.63, 3.8) is 0 Å². The Hall–Kier alpha value is -0.370. The topological polar surface area (TPSA) is 37.3 Å². The van der Waals surface area contributed by atoms with Gasteiger partial charge in [0.15, 0.2) is 0 Å². The number of Topliss-reactive ketones (excluding diaryl/α,β-unsaturated/α-hetero) is 1. The summed E-state index contributed by atoms with van der Waals surface area (Å²) in [5.41, 5.74) is -0.453. The summed E-state index contributed by atoms with van der Waals surface area (Å²) >= 11 is 0. The van der Waals surface area contributed by atoms with Gasteiger partial charge in [-0.05, 0) is 37.5 Å². The number of aliphatic hydroxyl groups is 1. The van der Waals surface area contributed by atoms with Gasteiger partial charge in [-0.15, -0.1) is 0 Å². The van der Waals surface area contributed by atoms with Crippen molar-refractivity contribution in [1.29, 1.82) is 0 Å². The molecule has 72 valence electrons. The zero-order valence-electron chi connectivity index (χ0n) is 7.99. The van der Waals surface area contributed by atoms with E-state index in [0.717, 1.165) is 25.7 Å². The van der Waals surface area contributed by atoms with Crippen molar-refractivity contribution in [2.45, 2.75) is 38.2 Å². The quantitative estimate of drug-likeness (QED) is 0.611. The predicted octanol–water partition coefficient (Wildman–Crippen LogP) is 1.37. The van der Waals surface area contributed by atoms with Crippen LogP contribution in [0.4, 0.5) is 0 Å². The standard InChI is InChI=1S/C11H16O2/c1-6-4-11(13)5-8-2-7(10(6)12)3-9(8)11/h6-9,13H,2-5H2,1H3. The molecule has 0 radical (unpaired) electrons. The van der Waals surface area contributed by atoms with Gasteiger partial charge in [-0.25, -0.2) is 0 Å². The highest BCUT2D eigenvalue weighted by atomic mass is 16.3. The molecule has 2 bridgehead atoms. The molecule has 3 aliphatic carbocycles. The second-order valence-corrected chi connectivity index (χ2v) is 5.35. The van der Waals surface area contributed by atoms with Crippen LogP contribution in [0.3, 0.4) is 0 Å². The molecule has 2 nitrogen and oxygen atoms in total. The van der Waals surface area contributed by atoms with Gasteiger partial charge in [0.25, 0.3) is 0 Å². The summed E-state index contributed by atoms with van der Waals surface area (Å²) in [7, 11) is 0. The number of carbonyl (C=O) groups is 1. The van der Waals surface area contributed by atoms with Crippen molar-refractivity contribution < 1.29 is 9.90 Å². The monoisotopic (exact) mass is 180 g/mol. The van der Waals surface area contributed by atoms with E-state index in [9.17, 15) is 9.90 Å². The number of fused-ring (bicyclic) bond motifs is 1. The summed E-state index contributed by atoms with van der Waals surface area (Å²) in [6.07, 6.45) is 3.73. The van der Waals surface area contributed by atoms with Crippen molar-refractivity contribution in [2.24, 2.45) is 23.7 Å². The predicted molar refractivity (Wildman–Crippen MR) is 48.1 cm³/mol. The van der Waals surface area contributed by atoms with Gasteiger partial charge in [-0.3, -0.25) is 4.79 Å². The van der Waals surface area contributed by atoms with Crippen LogP contribution in [0.1, 0.15) is 32.6 Å². The van der Waals surface area contributed by atoms with E-state index in [-0.39, 0.29) is 5.92 Å². The molecule has 3 fully saturated rings. The fourth-order valence-electron chi connectivity index (χ4n) is 3.95. The van der Waals surface area contributed by atoms with Gasteiger partial charge in [-0.2, -0.15) is 0 Å². The smallest absolute Gasteiger partial charge is 0.138 e. The van der Waals surface area contributed by atoms with E-state index >= 15 is 0 Å². The number of rotatable bonds is 0. The van der Waals surface area contributed by atoms with Gasteiger partial charge in [0.05, 0.1) is 5.60 Å². The molecule has 0 spiro atoms. The van der Waals surface area contributed by atoms with Gasteiger partial charge in [0.1, 0.15) is 5.78 Å². The molecule has 3 rings (SSSR count). The minimum absolute atomic E-state index is 0.0984. The summed E-state index contributed by atoms with van der Waals surface area (Å²) in [6.45, 7) is 1.98. The molecular formula is C11H16O2. The second-order valence-electron chi connectivity index (χ2n) is 5.35. The van der Waals surface area contributed by atoms with Crippen molar-refractivity contribution in [3.05, 3.63) is 0 Å². The van der Waals surface area contributed by atoms with Crippen LogP contribution < -0.4 is 0 Å². The summed E-state index contributed by atoms with van der Waals surface area (Å²) < 4.78 is 0. The third-order valence-corrected chi connectivity index (χ3v) is 4.55. The lowest BCUT2D eigenvalue weighted by atomic mass is 9.60. The molecule has 0 amide bonds. The van der Waals surface area contributed by atoms with Crippen molar-refractivity contribution in [2.75, 3.05) is 0 Å². The van der Waals surface area contributed by atoms with Crippen LogP contribution in [0, 0.1) is 23.7 Å². The minimum atomic E-state index is -0.453. The molecule has 3 aliphatic rings. The van der Waals surface area contributed by atoms with E-state index in [1.54, 1.807) is 0 Å². The van der Waals surface area contributed by atoms with E-state index in [2.05, 4.69) is 0 Å². The second kappa shape index (κ2) is 2.17. The lowest BCUT2D eigenvalue weighted by molar-refractivity contribution is -0.146. The van der Waals surface area contributed by atoms with Gasteiger partial charge >= 0.3 is 0 Å². The molecular weight excluding hydrogens is 164 g/mol. The lowest BCUT2D eigenvalue weighted by Gasteiger charge is -2.49. The number of hydrogen-bond acceptors (Lipinski definition) is 2. The summed E-state index contributed by atoms with van der Waals surface area (Å²) in [5, 5.41) is 10.2. The zero-order chi connectivity index (χ0) is 9.22. The van der Waals surface area contributed by atoms with Gasteiger partial charge < -0.3 is 5.11 Å². The molecule has 1 N–H and O–H groups in total. The molecule has 5 atom stereocenters. The first-order chi connectivity index (χ1) is 6.10. The van der Waals surface area contributed by atoms with Gasteiger partial charge in [-0.1, -0.05) is 6.92 Å². The highest BCUT2D eigenvalue weighted by molar-refractivity contribution is 5.84. The third-order valence-electron chi connectivity index (χ3n) is 4.55. The Morgan fingerprint density at radius 3 is 2.92 bits per heavy atom. The molecule has 5 unspecified atom stereocenters. The van der Waals surface area contributed by atoms with Crippen LogP contribution in [0.15, 0.2) is 0 Å². The van der Waals surface area contributed by atoms with Gasteiger partial charge in [0, 0.05) is 11.8 Å². The van der Waals surface area contributed by atoms with Crippen molar-refractivity contribution in [3.8, 4) is 0 Å². The molecule has 0 aromatic heterocycles. The normalized spacial score (nSPS) is 58.8. The molecule has 2 heteroatoms. The Morgan fingerprint density at radius 2 is 2.15 bits per heavy atom. The first-order valence-electron chi connectivity index (χ1n) is 5.36. The summed E-state index contributed by atoms with van der Waals surface area (Å²) in [4.78, 5) is 11.8. The Morgan fingerprint density at radius 1 is 1.38 bits per heavy atom. The molecule has 0 aromatic carbocycles. The minimum Gasteiger partial charge on any atom is -0.390 e. The fourth-order valence-corrected chi connectivity index (χ4v) is 3.95. The van der Waals surface area contributed by atoms with Crippen molar-refractivity contribution in [1.82, 2.24) is 0 Å². The van der Waals surface area contributed by atoms with Crippen LogP contribution >= 0.6 is 0 Å². The summed E-state index contributed by atoms with van der Waals surface area (Å²) in [6, 6.07) is 0. The van der Waals surface area contributed by atoms with E-state index in [0.29, 0.717) is 23.5 Å². The van der Waals surface area contributed by atoms with E-state index in [1.807, 2.05) is 6.92 Å². The molecule has 0 saturated heterocycles. The fraction of sp³-hybridized carbons (Fsp3) is 0.909. The van der Waals surface area contributed by atoms with Crippen LogP contribution in [0.25, 0.3) is 0 Å². The SMILES string of the molecule is CC1CC2(O)CC3CC(CC32)C1=O. The number of hydrogen-bond donors (Lipinski definition) is 1. The van der Waals surface area contributed by atoms with Crippen LogP contribution in [-0.2, 0) is 4.79 Å². The third kappa shape index (κ3) is 0.850. The molecule has 0 aliphatic heterocycles. The van der Waals surface area contributed by atoms with Crippen LogP contribution in [0.2, 0.25) is 0 Å². The molecule has 3 saturated carbocycles. The highest BCUT2D eigenvalue weighted by Gasteiger charge is 2.61. The van der Waals surface area contributed by atoms with E-state index < -0.39 is 5.60 Å². The van der Waals surface area contributed by atoms with Gasteiger partial charge in [0.2, 0.25) is 0 Å². The molecule has 0 aromatic rings. The Balaban J connectivity index is 1.97. The maximum Gasteiger partial charge on any atom is 0.138 e. The average Bonchev–Trinajstić information content (AvgIpc) is 2.39. The first kappa shape index (κ1) is 7.98. The molecule has 13 heavy (non-hydrogen) atoms. The zero-order valence-corrected chi connectivity index (χ0v) is 7.99. The maximum atomic E-state index is 11.8. The largest absolute Gasteiger partial charge is 0.390 e. The molecule has 0 heterocycles. The Kier molecular flexibility index (Phi) is 1.33. The van der Waals surface area contributed by atoms with Crippen molar-refractivity contribution >= 4 is 5.78 Å². The summed E-state index contributed by atoms with van der Waals surface area (Å²) in [5.74, 6) is 1.95. The number of ketones is 1. The Labute approximate surface area is 78.3 Å². The maximum absolute atomic E-state index is 11.8. The average molecular weight is 180 g/mol. The number of carbonyl (C=O) groups excluding carboxylic acids is 1. The first-order valence-corrected chi connectivity index (χ1v) is 5.36. The Bertz CT molecular complexity index is 273.